The van der Waals surface area contributed by atoms with E-state index in [1.54, 1.807) is 54.2 Å². The topological polar surface area (TPSA) is 66.1 Å². The van der Waals surface area contributed by atoms with Gasteiger partial charge in [0.05, 0.1) is 22.6 Å². The quantitative estimate of drug-likeness (QED) is 0.491. The molecule has 1 aromatic carbocycles. The number of nitrogens with zero attached hydrogens (tertiary/aromatic N) is 3. The fourth-order valence-electron chi connectivity index (χ4n) is 3.06. The lowest BCUT2D eigenvalue weighted by Crippen LogP contribution is -2.22. The summed E-state index contributed by atoms with van der Waals surface area (Å²) in [7, 11) is 1.65. The van der Waals surface area contributed by atoms with Crippen LogP contribution >= 0.6 is 11.3 Å². The molecule has 0 aliphatic carbocycles. The zero-order valence-corrected chi connectivity index (χ0v) is 16.7. The van der Waals surface area contributed by atoms with E-state index < -0.39 is 0 Å². The van der Waals surface area contributed by atoms with Crippen LogP contribution in [0.5, 0.6) is 5.19 Å². The maximum atomic E-state index is 13.5. The first kappa shape index (κ1) is 18.7. The van der Waals surface area contributed by atoms with Crippen LogP contribution in [0.1, 0.15) is 12.5 Å². The van der Waals surface area contributed by atoms with Crippen LogP contribution in [0.3, 0.4) is 0 Å². The Bertz CT molecular complexity index is 1370. The van der Waals surface area contributed by atoms with E-state index in [1.165, 1.54) is 22.0 Å². The van der Waals surface area contributed by atoms with Crippen LogP contribution in [0, 0.1) is 12.3 Å². The van der Waals surface area contributed by atoms with E-state index in [9.17, 15) is 9.59 Å². The molecule has 144 valence electrons. The standard InChI is InChI=1S/C22H17N3O3S/c1-4-14-6-9-16(10-7-14)25-20-18(29-22(23-20)28-5-2)12-17(21(25)27)15-8-11-19(26)24(3)13-15/h1,6-13H,5H2,2-3H3. The van der Waals surface area contributed by atoms with Crippen LogP contribution < -0.4 is 15.9 Å². The van der Waals surface area contributed by atoms with Gasteiger partial charge in [-0.15, -0.1) is 6.42 Å². The lowest BCUT2D eigenvalue weighted by Gasteiger charge is -2.11. The molecule has 0 N–H and O–H groups in total. The number of aromatic nitrogens is 3. The minimum Gasteiger partial charge on any atom is -0.470 e. The highest BCUT2D eigenvalue weighted by Crippen LogP contribution is 2.31. The highest BCUT2D eigenvalue weighted by Gasteiger charge is 2.17. The number of ether oxygens (including phenoxy) is 1. The Kier molecular flexibility index (Phi) is 4.79. The SMILES string of the molecule is C#Cc1ccc(-n2c(=O)c(-c3ccc(=O)n(C)c3)cc3sc(OCC)nc32)cc1. The number of thiazole rings is 1. The number of aryl methyl sites for hydroxylation is 1. The molecule has 0 spiro atoms. The zero-order valence-electron chi connectivity index (χ0n) is 15.9. The van der Waals surface area contributed by atoms with Crippen molar-refractivity contribution in [3.8, 4) is 34.4 Å². The van der Waals surface area contributed by atoms with E-state index in [-0.39, 0.29) is 11.1 Å². The second-order valence-electron chi connectivity index (χ2n) is 6.36. The van der Waals surface area contributed by atoms with Gasteiger partial charge in [-0.25, -0.2) is 0 Å². The van der Waals surface area contributed by atoms with Crippen LogP contribution in [0.2, 0.25) is 0 Å². The van der Waals surface area contributed by atoms with E-state index in [0.29, 0.717) is 34.3 Å². The third kappa shape index (κ3) is 3.35. The van der Waals surface area contributed by atoms with Gasteiger partial charge in [-0.05, 0) is 43.3 Å². The minimum absolute atomic E-state index is 0.142. The van der Waals surface area contributed by atoms with E-state index in [0.717, 1.165) is 10.3 Å². The summed E-state index contributed by atoms with van der Waals surface area (Å²) < 4.78 is 9.36. The van der Waals surface area contributed by atoms with Gasteiger partial charge in [-0.2, -0.15) is 4.98 Å². The summed E-state index contributed by atoms with van der Waals surface area (Å²) in [6.45, 7) is 2.36. The predicted octanol–water partition coefficient (Wildman–Crippen LogP) is 3.19. The highest BCUT2D eigenvalue weighted by atomic mass is 32.1. The van der Waals surface area contributed by atoms with Gasteiger partial charge in [0.15, 0.2) is 5.65 Å². The third-order valence-corrected chi connectivity index (χ3v) is 5.40. The van der Waals surface area contributed by atoms with Crippen LogP contribution in [0.15, 0.2) is 58.3 Å². The second kappa shape index (κ2) is 7.41. The summed E-state index contributed by atoms with van der Waals surface area (Å²) in [6.07, 6.45) is 7.10. The molecule has 4 aromatic rings. The van der Waals surface area contributed by atoms with Gasteiger partial charge in [0.2, 0.25) is 5.56 Å². The molecule has 7 heteroatoms. The van der Waals surface area contributed by atoms with Crippen LogP contribution in [0.4, 0.5) is 0 Å². The molecular weight excluding hydrogens is 386 g/mol. The molecule has 0 aliphatic heterocycles. The van der Waals surface area contributed by atoms with Crippen molar-refractivity contribution in [2.75, 3.05) is 6.61 Å². The van der Waals surface area contributed by atoms with E-state index >= 15 is 0 Å². The van der Waals surface area contributed by atoms with Gasteiger partial charge in [-0.3, -0.25) is 14.2 Å². The first-order chi connectivity index (χ1) is 14.0. The first-order valence-electron chi connectivity index (χ1n) is 8.95. The molecule has 3 heterocycles. The molecule has 0 bridgehead atoms. The Morgan fingerprint density at radius 3 is 2.59 bits per heavy atom. The van der Waals surface area contributed by atoms with Gasteiger partial charge in [0.25, 0.3) is 10.8 Å². The average molecular weight is 403 g/mol. The van der Waals surface area contributed by atoms with E-state index in [2.05, 4.69) is 10.9 Å². The number of fused-ring (bicyclic) bond motifs is 1. The second-order valence-corrected chi connectivity index (χ2v) is 7.35. The Labute approximate surface area is 170 Å². The lowest BCUT2D eigenvalue weighted by atomic mass is 10.1. The fourth-order valence-corrected chi connectivity index (χ4v) is 3.96. The Balaban J connectivity index is 2.04. The number of pyridine rings is 2. The van der Waals surface area contributed by atoms with Gasteiger partial charge in [0, 0.05) is 30.4 Å². The molecule has 29 heavy (non-hydrogen) atoms. The van der Waals surface area contributed by atoms with Crippen LogP contribution in [-0.4, -0.2) is 20.7 Å². The summed E-state index contributed by atoms with van der Waals surface area (Å²) in [4.78, 5) is 29.7. The summed E-state index contributed by atoms with van der Waals surface area (Å²) >= 11 is 1.37. The van der Waals surface area contributed by atoms with Crippen molar-refractivity contribution in [3.05, 3.63) is 74.9 Å². The third-order valence-electron chi connectivity index (χ3n) is 4.49. The molecule has 0 atom stereocenters. The zero-order chi connectivity index (χ0) is 20.5. The first-order valence-corrected chi connectivity index (χ1v) is 9.77. The molecule has 6 nitrogen and oxygen atoms in total. The minimum atomic E-state index is -0.238. The molecule has 0 fully saturated rings. The van der Waals surface area contributed by atoms with Crippen molar-refractivity contribution in [2.45, 2.75) is 6.92 Å². The maximum absolute atomic E-state index is 13.5. The Morgan fingerprint density at radius 1 is 1.17 bits per heavy atom. The normalized spacial score (nSPS) is 10.8. The van der Waals surface area contributed by atoms with Crippen LogP contribution in [0.25, 0.3) is 27.2 Å². The van der Waals surface area contributed by atoms with Crippen molar-refractivity contribution in [3.63, 3.8) is 0 Å². The monoisotopic (exact) mass is 403 g/mol. The van der Waals surface area contributed by atoms with Crippen LogP contribution in [-0.2, 0) is 7.05 Å². The molecule has 3 aromatic heterocycles. The number of rotatable bonds is 4. The number of hydrogen-bond donors (Lipinski definition) is 0. The van der Waals surface area contributed by atoms with Crippen molar-refractivity contribution < 1.29 is 4.74 Å². The van der Waals surface area contributed by atoms with Crippen molar-refractivity contribution in [1.82, 2.24) is 14.1 Å². The largest absolute Gasteiger partial charge is 0.470 e. The Morgan fingerprint density at radius 2 is 1.93 bits per heavy atom. The molecule has 4 rings (SSSR count). The van der Waals surface area contributed by atoms with E-state index in [4.69, 9.17) is 11.2 Å². The summed E-state index contributed by atoms with van der Waals surface area (Å²) in [5.41, 5.74) is 2.64. The molecule has 0 saturated heterocycles. The number of terminal acetylenes is 1. The molecular formula is C22H17N3O3S. The van der Waals surface area contributed by atoms with Gasteiger partial charge in [0.1, 0.15) is 0 Å². The van der Waals surface area contributed by atoms with Gasteiger partial charge < -0.3 is 9.30 Å². The summed E-state index contributed by atoms with van der Waals surface area (Å²) in [5, 5.41) is 0.494. The average Bonchev–Trinajstić information content (AvgIpc) is 3.12. The molecule has 0 aliphatic rings. The molecule has 0 amide bonds. The smallest absolute Gasteiger partial charge is 0.275 e. The fraction of sp³-hybridized carbons (Fsp3) is 0.136. The molecule has 0 radical (unpaired) electrons. The van der Waals surface area contributed by atoms with Crippen molar-refractivity contribution in [2.24, 2.45) is 7.05 Å². The predicted molar refractivity (Wildman–Crippen MR) is 115 cm³/mol. The number of hydrogen-bond acceptors (Lipinski definition) is 5. The molecule has 0 unspecified atom stereocenters. The van der Waals surface area contributed by atoms with E-state index in [1.807, 2.05) is 6.92 Å². The Hall–Kier alpha value is -3.63. The lowest BCUT2D eigenvalue weighted by molar-refractivity contribution is 0.339. The van der Waals surface area contributed by atoms with Gasteiger partial charge in [-0.1, -0.05) is 17.3 Å². The van der Waals surface area contributed by atoms with Gasteiger partial charge >= 0.3 is 0 Å². The summed E-state index contributed by atoms with van der Waals surface area (Å²) in [5.74, 6) is 2.57. The van der Waals surface area contributed by atoms with Crippen molar-refractivity contribution >= 4 is 21.7 Å². The maximum Gasteiger partial charge on any atom is 0.275 e. The highest BCUT2D eigenvalue weighted by molar-refractivity contribution is 7.20. The summed E-state index contributed by atoms with van der Waals surface area (Å²) in [6, 6.07) is 12.0. The van der Waals surface area contributed by atoms with Crippen molar-refractivity contribution in [1.29, 1.82) is 0 Å². The molecule has 0 saturated carbocycles. The number of benzene rings is 1.